The molecule has 0 bridgehead atoms. The summed E-state index contributed by atoms with van der Waals surface area (Å²) in [5, 5.41) is 0.140. The first-order chi connectivity index (χ1) is 11.4. The Hall–Kier alpha value is -3.00. The van der Waals surface area contributed by atoms with E-state index < -0.39 is 21.7 Å². The Bertz CT molecular complexity index is 1050. The summed E-state index contributed by atoms with van der Waals surface area (Å²) in [6, 6.07) is 11.1. The number of aromatic nitrogens is 1. The molecule has 0 saturated heterocycles. The number of carbonyl (C=O) groups is 1. The number of primary amides is 1. The van der Waals surface area contributed by atoms with Gasteiger partial charge < -0.3 is 5.73 Å². The number of halogens is 1. The number of nitrogens with one attached hydrogen (secondary N) is 1. The van der Waals surface area contributed by atoms with E-state index in [1.54, 1.807) is 12.1 Å². The van der Waals surface area contributed by atoms with Crippen LogP contribution in [0.25, 0.3) is 10.9 Å². The highest BCUT2D eigenvalue weighted by molar-refractivity contribution is 7.93. The zero-order chi connectivity index (χ0) is 17.3. The zero-order valence-corrected chi connectivity index (χ0v) is 13.0. The predicted molar refractivity (Wildman–Crippen MR) is 87.5 cm³/mol. The molecule has 0 spiro atoms. The molecule has 1 amide bonds. The van der Waals surface area contributed by atoms with Gasteiger partial charge in [-0.25, -0.2) is 12.8 Å². The fraction of sp³-hybridized carbons (Fsp3) is 0. The van der Waals surface area contributed by atoms with Crippen molar-refractivity contribution in [3.05, 3.63) is 66.1 Å². The molecule has 0 fully saturated rings. The van der Waals surface area contributed by atoms with Crippen LogP contribution in [0.4, 0.5) is 10.1 Å². The fourth-order valence-electron chi connectivity index (χ4n) is 2.33. The van der Waals surface area contributed by atoms with Crippen LogP contribution in [0.2, 0.25) is 0 Å². The molecule has 6 nitrogen and oxygen atoms in total. The first-order valence-corrected chi connectivity index (χ1v) is 8.33. The number of anilines is 1. The Balaban J connectivity index is 2.14. The molecule has 8 heteroatoms. The summed E-state index contributed by atoms with van der Waals surface area (Å²) in [5.41, 5.74) is 5.28. The highest BCUT2D eigenvalue weighted by Crippen LogP contribution is 2.26. The molecular weight excluding hydrogens is 333 g/mol. The minimum Gasteiger partial charge on any atom is -0.366 e. The molecule has 3 aromatic rings. The fourth-order valence-corrected chi connectivity index (χ4v) is 3.61. The van der Waals surface area contributed by atoms with Crippen LogP contribution < -0.4 is 10.5 Å². The zero-order valence-electron chi connectivity index (χ0n) is 12.2. The number of nitrogens with zero attached hydrogens (tertiary/aromatic N) is 1. The Morgan fingerprint density at radius 3 is 2.58 bits per heavy atom. The lowest BCUT2D eigenvalue weighted by molar-refractivity contribution is 0.100. The van der Waals surface area contributed by atoms with Crippen molar-refractivity contribution >= 4 is 32.5 Å². The molecular formula is C16H12FN3O3S. The average molecular weight is 345 g/mol. The molecule has 3 rings (SSSR count). The third-order valence-corrected chi connectivity index (χ3v) is 4.83. The van der Waals surface area contributed by atoms with E-state index in [2.05, 4.69) is 9.71 Å². The second-order valence-electron chi connectivity index (χ2n) is 4.96. The Labute approximate surface area is 137 Å². The number of rotatable bonds is 4. The normalized spacial score (nSPS) is 11.4. The number of carbonyl (C=O) groups excluding carboxylic acids is 1. The first kappa shape index (κ1) is 15.9. The lowest BCUT2D eigenvalue weighted by atomic mass is 10.2. The van der Waals surface area contributed by atoms with Crippen molar-refractivity contribution in [1.82, 2.24) is 4.98 Å². The molecule has 0 aliphatic heterocycles. The van der Waals surface area contributed by atoms with E-state index in [1.165, 1.54) is 30.5 Å². The van der Waals surface area contributed by atoms with Crippen LogP contribution in [-0.2, 0) is 10.0 Å². The maximum Gasteiger partial charge on any atom is 0.262 e. The van der Waals surface area contributed by atoms with E-state index in [1.807, 2.05) is 0 Å². The summed E-state index contributed by atoms with van der Waals surface area (Å²) in [6.45, 7) is 0. The van der Waals surface area contributed by atoms with Gasteiger partial charge in [-0.3, -0.25) is 14.5 Å². The lowest BCUT2D eigenvalue weighted by Gasteiger charge is -2.12. The van der Waals surface area contributed by atoms with Gasteiger partial charge in [0, 0.05) is 11.6 Å². The number of sulfonamides is 1. The number of para-hydroxylation sites is 1. The summed E-state index contributed by atoms with van der Waals surface area (Å²) >= 11 is 0. The summed E-state index contributed by atoms with van der Waals surface area (Å²) in [7, 11) is -4.08. The van der Waals surface area contributed by atoms with Crippen LogP contribution >= 0.6 is 0 Å². The molecule has 0 aliphatic carbocycles. The Morgan fingerprint density at radius 1 is 1.08 bits per heavy atom. The maximum atomic E-state index is 13.8. The average Bonchev–Trinajstić information content (AvgIpc) is 2.55. The topological polar surface area (TPSA) is 102 Å². The molecule has 0 unspecified atom stereocenters. The predicted octanol–water partition coefficient (Wildman–Crippen LogP) is 2.27. The van der Waals surface area contributed by atoms with Gasteiger partial charge in [0.25, 0.3) is 15.9 Å². The van der Waals surface area contributed by atoms with Crippen LogP contribution in [0.3, 0.4) is 0 Å². The van der Waals surface area contributed by atoms with Gasteiger partial charge in [0.2, 0.25) is 0 Å². The van der Waals surface area contributed by atoms with E-state index in [0.29, 0.717) is 0 Å². The lowest BCUT2D eigenvalue weighted by Crippen LogP contribution is -2.19. The van der Waals surface area contributed by atoms with Gasteiger partial charge in [-0.05, 0) is 36.4 Å². The summed E-state index contributed by atoms with van der Waals surface area (Å²) in [5.74, 6) is -1.39. The summed E-state index contributed by atoms with van der Waals surface area (Å²) in [6.07, 6.45) is 1.37. The molecule has 0 atom stereocenters. The number of benzene rings is 2. The van der Waals surface area contributed by atoms with Gasteiger partial charge in [-0.15, -0.1) is 0 Å². The van der Waals surface area contributed by atoms with E-state index in [-0.39, 0.29) is 27.0 Å². The maximum absolute atomic E-state index is 13.8. The minimum absolute atomic E-state index is 0.0330. The minimum atomic E-state index is -4.08. The molecule has 24 heavy (non-hydrogen) atoms. The van der Waals surface area contributed by atoms with Gasteiger partial charge in [0.15, 0.2) is 0 Å². The third-order valence-electron chi connectivity index (χ3n) is 3.41. The largest absolute Gasteiger partial charge is 0.366 e. The van der Waals surface area contributed by atoms with Crippen molar-refractivity contribution in [2.75, 3.05) is 4.72 Å². The van der Waals surface area contributed by atoms with Crippen molar-refractivity contribution in [2.45, 2.75) is 4.90 Å². The smallest absolute Gasteiger partial charge is 0.262 e. The van der Waals surface area contributed by atoms with E-state index >= 15 is 0 Å². The second-order valence-corrected chi connectivity index (χ2v) is 6.61. The van der Waals surface area contributed by atoms with Crippen molar-refractivity contribution in [2.24, 2.45) is 5.73 Å². The number of hydrogen-bond acceptors (Lipinski definition) is 4. The highest BCUT2D eigenvalue weighted by atomic mass is 32.2. The molecule has 1 heterocycles. The van der Waals surface area contributed by atoms with Gasteiger partial charge in [-0.1, -0.05) is 12.1 Å². The summed E-state index contributed by atoms with van der Waals surface area (Å²) in [4.78, 5) is 15.1. The molecule has 0 saturated carbocycles. The number of amides is 1. The van der Waals surface area contributed by atoms with Crippen molar-refractivity contribution in [3.63, 3.8) is 0 Å². The third kappa shape index (κ3) is 2.79. The van der Waals surface area contributed by atoms with Crippen molar-refractivity contribution in [1.29, 1.82) is 0 Å². The van der Waals surface area contributed by atoms with Crippen LogP contribution in [0.1, 0.15) is 10.4 Å². The highest BCUT2D eigenvalue weighted by Gasteiger charge is 2.21. The number of pyridine rings is 1. The molecule has 0 aliphatic rings. The Kier molecular flexibility index (Phi) is 3.90. The number of hydrogen-bond donors (Lipinski definition) is 2. The van der Waals surface area contributed by atoms with Gasteiger partial charge in [0.05, 0.1) is 16.1 Å². The SMILES string of the molecule is NC(=O)c1ccccc1NS(=O)(=O)c1ccc(F)c2ncccc12. The quantitative estimate of drug-likeness (QED) is 0.757. The number of nitrogens with two attached hydrogens (primary N) is 1. The second kappa shape index (κ2) is 5.89. The van der Waals surface area contributed by atoms with Crippen LogP contribution in [-0.4, -0.2) is 19.3 Å². The van der Waals surface area contributed by atoms with Gasteiger partial charge >= 0.3 is 0 Å². The molecule has 1 aromatic heterocycles. The standard InChI is InChI=1S/C16H12FN3O3S/c17-12-7-8-14(11-5-3-9-19-15(11)12)24(22,23)20-13-6-2-1-4-10(13)16(18)21/h1-9,20H,(H2,18,21). The molecule has 2 aromatic carbocycles. The van der Waals surface area contributed by atoms with Gasteiger partial charge in [0.1, 0.15) is 11.3 Å². The monoisotopic (exact) mass is 345 g/mol. The molecule has 0 radical (unpaired) electrons. The summed E-state index contributed by atoms with van der Waals surface area (Å²) < 4.78 is 41.5. The molecule has 122 valence electrons. The van der Waals surface area contributed by atoms with Crippen LogP contribution in [0, 0.1) is 5.82 Å². The molecule has 3 N–H and O–H groups in total. The van der Waals surface area contributed by atoms with E-state index in [0.717, 1.165) is 12.1 Å². The van der Waals surface area contributed by atoms with Crippen molar-refractivity contribution in [3.8, 4) is 0 Å². The Morgan fingerprint density at radius 2 is 1.83 bits per heavy atom. The van der Waals surface area contributed by atoms with Crippen LogP contribution in [0.5, 0.6) is 0 Å². The van der Waals surface area contributed by atoms with Crippen molar-refractivity contribution < 1.29 is 17.6 Å². The van der Waals surface area contributed by atoms with Crippen LogP contribution in [0.15, 0.2) is 59.6 Å². The van der Waals surface area contributed by atoms with E-state index in [4.69, 9.17) is 5.73 Å². The van der Waals surface area contributed by atoms with Gasteiger partial charge in [-0.2, -0.15) is 0 Å². The van der Waals surface area contributed by atoms with E-state index in [9.17, 15) is 17.6 Å². The first-order valence-electron chi connectivity index (χ1n) is 6.85. The number of fused-ring (bicyclic) bond motifs is 1.